The van der Waals surface area contributed by atoms with E-state index in [0.29, 0.717) is 18.0 Å². The standard InChI is InChI=1S/C18H24N4O3/c1-14-3-4-17(24-2)16(13-14)22-7-5-15(20-22)18(23)19-6-8-21-9-11-25-12-10-21/h3-5,7,13H,6,8-12H2,1-2H3,(H,19,23). The second-order valence-electron chi connectivity index (χ2n) is 6.03. The van der Waals surface area contributed by atoms with Crippen LogP contribution in [0.15, 0.2) is 30.5 Å². The highest BCUT2D eigenvalue weighted by Gasteiger charge is 2.14. The number of ether oxygens (including phenoxy) is 2. The summed E-state index contributed by atoms with van der Waals surface area (Å²) in [7, 11) is 1.62. The van der Waals surface area contributed by atoms with Gasteiger partial charge in [-0.1, -0.05) is 6.07 Å². The first-order chi connectivity index (χ1) is 12.2. The number of carbonyl (C=O) groups is 1. The molecule has 1 aliphatic heterocycles. The van der Waals surface area contributed by atoms with E-state index < -0.39 is 0 Å². The normalized spacial score (nSPS) is 15.1. The number of hydrogen-bond donors (Lipinski definition) is 1. The van der Waals surface area contributed by atoms with Gasteiger partial charge in [-0.2, -0.15) is 5.10 Å². The quantitative estimate of drug-likeness (QED) is 0.854. The molecule has 0 radical (unpaired) electrons. The summed E-state index contributed by atoms with van der Waals surface area (Å²) in [5, 5.41) is 7.31. The fourth-order valence-electron chi connectivity index (χ4n) is 2.80. The lowest BCUT2D eigenvalue weighted by molar-refractivity contribution is 0.0383. The second-order valence-corrected chi connectivity index (χ2v) is 6.03. The number of aromatic nitrogens is 2. The van der Waals surface area contributed by atoms with Gasteiger partial charge in [-0.3, -0.25) is 9.69 Å². The summed E-state index contributed by atoms with van der Waals surface area (Å²) in [5.41, 5.74) is 2.31. The third-order valence-electron chi connectivity index (χ3n) is 4.22. The monoisotopic (exact) mass is 344 g/mol. The molecule has 7 heteroatoms. The van der Waals surface area contributed by atoms with Crippen LogP contribution in [-0.2, 0) is 4.74 Å². The van der Waals surface area contributed by atoms with Crippen LogP contribution < -0.4 is 10.1 Å². The van der Waals surface area contributed by atoms with Crippen LogP contribution in [0.2, 0.25) is 0 Å². The molecule has 0 saturated carbocycles. The van der Waals surface area contributed by atoms with Crippen LogP contribution in [-0.4, -0.2) is 67.1 Å². The summed E-state index contributed by atoms with van der Waals surface area (Å²) in [5.74, 6) is 0.548. The number of rotatable bonds is 6. The Kier molecular flexibility index (Phi) is 5.67. The third kappa shape index (κ3) is 4.37. The molecule has 1 aliphatic rings. The number of methoxy groups -OCH3 is 1. The minimum Gasteiger partial charge on any atom is -0.494 e. The van der Waals surface area contributed by atoms with E-state index in [1.807, 2.05) is 25.1 Å². The highest BCUT2D eigenvalue weighted by Crippen LogP contribution is 2.23. The molecule has 3 rings (SSSR count). The van der Waals surface area contributed by atoms with Gasteiger partial charge in [0, 0.05) is 32.4 Å². The van der Waals surface area contributed by atoms with Gasteiger partial charge in [0.25, 0.3) is 5.91 Å². The first-order valence-corrected chi connectivity index (χ1v) is 8.46. The average molecular weight is 344 g/mol. The van der Waals surface area contributed by atoms with E-state index in [4.69, 9.17) is 9.47 Å². The fourth-order valence-corrected chi connectivity index (χ4v) is 2.80. The van der Waals surface area contributed by atoms with Crippen molar-refractivity contribution in [2.24, 2.45) is 0 Å². The molecule has 0 unspecified atom stereocenters. The summed E-state index contributed by atoms with van der Waals surface area (Å²) < 4.78 is 12.4. The Bertz CT molecular complexity index is 723. The van der Waals surface area contributed by atoms with E-state index in [2.05, 4.69) is 15.3 Å². The second kappa shape index (κ2) is 8.13. The van der Waals surface area contributed by atoms with Crippen LogP contribution in [0.5, 0.6) is 5.75 Å². The molecule has 2 aromatic rings. The SMILES string of the molecule is COc1ccc(C)cc1-n1ccc(C(=O)NCCN2CCOCC2)n1. The molecule has 1 aromatic heterocycles. The minimum atomic E-state index is -0.168. The molecule has 0 atom stereocenters. The Morgan fingerprint density at radius 2 is 2.12 bits per heavy atom. The minimum absolute atomic E-state index is 0.168. The number of aryl methyl sites for hydroxylation is 1. The van der Waals surface area contributed by atoms with Crippen molar-refractivity contribution in [3.63, 3.8) is 0 Å². The van der Waals surface area contributed by atoms with E-state index >= 15 is 0 Å². The largest absolute Gasteiger partial charge is 0.494 e. The van der Waals surface area contributed by atoms with Gasteiger partial charge >= 0.3 is 0 Å². The van der Waals surface area contributed by atoms with Crippen molar-refractivity contribution >= 4 is 5.91 Å². The molecule has 0 spiro atoms. The van der Waals surface area contributed by atoms with Crippen LogP contribution in [0.4, 0.5) is 0 Å². The Hall–Kier alpha value is -2.38. The zero-order valence-corrected chi connectivity index (χ0v) is 14.7. The number of morpholine rings is 1. The number of benzene rings is 1. The van der Waals surface area contributed by atoms with Gasteiger partial charge in [0.15, 0.2) is 5.69 Å². The lowest BCUT2D eigenvalue weighted by Crippen LogP contribution is -2.41. The summed E-state index contributed by atoms with van der Waals surface area (Å²) in [6.45, 7) is 6.77. The summed E-state index contributed by atoms with van der Waals surface area (Å²) in [6.07, 6.45) is 1.77. The molecular formula is C18H24N4O3. The Morgan fingerprint density at radius 3 is 2.88 bits per heavy atom. The number of nitrogens with one attached hydrogen (secondary N) is 1. The molecule has 1 fully saturated rings. The molecule has 7 nitrogen and oxygen atoms in total. The zero-order valence-electron chi connectivity index (χ0n) is 14.7. The maximum absolute atomic E-state index is 12.3. The molecule has 2 heterocycles. The van der Waals surface area contributed by atoms with Crippen molar-refractivity contribution in [2.75, 3.05) is 46.5 Å². The first-order valence-electron chi connectivity index (χ1n) is 8.46. The Labute approximate surface area is 147 Å². The topological polar surface area (TPSA) is 68.6 Å². The number of hydrogen-bond acceptors (Lipinski definition) is 5. The number of nitrogens with zero attached hydrogens (tertiary/aromatic N) is 3. The molecule has 0 aliphatic carbocycles. The van der Waals surface area contributed by atoms with E-state index in [9.17, 15) is 4.79 Å². The Morgan fingerprint density at radius 1 is 1.32 bits per heavy atom. The van der Waals surface area contributed by atoms with Crippen molar-refractivity contribution in [2.45, 2.75) is 6.92 Å². The van der Waals surface area contributed by atoms with Gasteiger partial charge in [-0.05, 0) is 30.7 Å². The summed E-state index contributed by atoms with van der Waals surface area (Å²) in [6, 6.07) is 7.57. The lowest BCUT2D eigenvalue weighted by Gasteiger charge is -2.26. The highest BCUT2D eigenvalue weighted by molar-refractivity contribution is 5.92. The van der Waals surface area contributed by atoms with Crippen LogP contribution in [0, 0.1) is 6.92 Å². The van der Waals surface area contributed by atoms with Crippen molar-refractivity contribution in [3.05, 3.63) is 41.7 Å². The Balaban J connectivity index is 1.61. The van der Waals surface area contributed by atoms with Crippen LogP contribution in [0.1, 0.15) is 16.1 Å². The van der Waals surface area contributed by atoms with Crippen LogP contribution in [0.3, 0.4) is 0 Å². The predicted octanol–water partition coefficient (Wildman–Crippen LogP) is 1.25. The summed E-state index contributed by atoms with van der Waals surface area (Å²) >= 11 is 0. The van der Waals surface area contributed by atoms with E-state index in [0.717, 1.165) is 44.1 Å². The van der Waals surface area contributed by atoms with Gasteiger partial charge in [0.1, 0.15) is 11.4 Å². The van der Waals surface area contributed by atoms with Crippen molar-refractivity contribution in [3.8, 4) is 11.4 Å². The molecule has 1 aromatic carbocycles. The molecule has 134 valence electrons. The summed E-state index contributed by atoms with van der Waals surface area (Å²) in [4.78, 5) is 14.6. The van der Waals surface area contributed by atoms with Crippen molar-refractivity contribution < 1.29 is 14.3 Å². The molecule has 25 heavy (non-hydrogen) atoms. The average Bonchev–Trinajstić information content (AvgIpc) is 3.12. The smallest absolute Gasteiger partial charge is 0.271 e. The van der Waals surface area contributed by atoms with Gasteiger partial charge in [-0.15, -0.1) is 0 Å². The van der Waals surface area contributed by atoms with Crippen LogP contribution in [0.25, 0.3) is 5.69 Å². The molecular weight excluding hydrogens is 320 g/mol. The van der Waals surface area contributed by atoms with Gasteiger partial charge in [0.2, 0.25) is 0 Å². The fraction of sp³-hybridized carbons (Fsp3) is 0.444. The molecule has 1 amide bonds. The van der Waals surface area contributed by atoms with Crippen molar-refractivity contribution in [1.82, 2.24) is 20.0 Å². The maximum Gasteiger partial charge on any atom is 0.271 e. The number of carbonyl (C=O) groups excluding carboxylic acids is 1. The highest BCUT2D eigenvalue weighted by atomic mass is 16.5. The third-order valence-corrected chi connectivity index (χ3v) is 4.22. The van der Waals surface area contributed by atoms with Crippen molar-refractivity contribution in [1.29, 1.82) is 0 Å². The van der Waals surface area contributed by atoms with Gasteiger partial charge in [0.05, 0.1) is 20.3 Å². The number of amides is 1. The first kappa shape index (κ1) is 17.4. The zero-order chi connectivity index (χ0) is 17.6. The van der Waals surface area contributed by atoms with Crippen LogP contribution >= 0.6 is 0 Å². The van der Waals surface area contributed by atoms with E-state index in [1.54, 1.807) is 24.1 Å². The molecule has 1 saturated heterocycles. The van der Waals surface area contributed by atoms with Gasteiger partial charge in [-0.25, -0.2) is 4.68 Å². The van der Waals surface area contributed by atoms with Gasteiger partial charge < -0.3 is 14.8 Å². The molecule has 1 N–H and O–H groups in total. The van der Waals surface area contributed by atoms with E-state index in [-0.39, 0.29) is 5.91 Å². The predicted molar refractivity (Wildman–Crippen MR) is 94.4 cm³/mol. The maximum atomic E-state index is 12.3. The van der Waals surface area contributed by atoms with E-state index in [1.165, 1.54) is 0 Å². The lowest BCUT2D eigenvalue weighted by atomic mass is 10.2. The molecule has 0 bridgehead atoms.